The summed E-state index contributed by atoms with van der Waals surface area (Å²) in [6, 6.07) is 10.5. The minimum atomic E-state index is 0.273. The molecule has 1 aromatic carbocycles. The SMILES string of the molecule is COc1cccc(C(CCC#N)N(C)C)c1. The zero-order valence-electron chi connectivity index (χ0n) is 10.1. The zero-order chi connectivity index (χ0) is 12.0. The van der Waals surface area contributed by atoms with Crippen molar-refractivity contribution in [1.29, 1.82) is 5.26 Å². The third-order valence-corrected chi connectivity index (χ3v) is 2.63. The zero-order valence-corrected chi connectivity index (χ0v) is 10.1. The van der Waals surface area contributed by atoms with Crippen LogP contribution in [-0.4, -0.2) is 26.1 Å². The van der Waals surface area contributed by atoms with Crippen LogP contribution in [-0.2, 0) is 0 Å². The number of rotatable bonds is 5. The van der Waals surface area contributed by atoms with Gasteiger partial charge in [-0.05, 0) is 38.2 Å². The van der Waals surface area contributed by atoms with E-state index < -0.39 is 0 Å². The highest BCUT2D eigenvalue weighted by molar-refractivity contribution is 5.30. The van der Waals surface area contributed by atoms with E-state index in [2.05, 4.69) is 17.0 Å². The molecule has 0 fully saturated rings. The number of nitriles is 1. The van der Waals surface area contributed by atoms with Gasteiger partial charge < -0.3 is 9.64 Å². The second-order valence-electron chi connectivity index (χ2n) is 3.95. The average molecular weight is 218 g/mol. The number of hydrogen-bond donors (Lipinski definition) is 0. The predicted molar refractivity (Wildman–Crippen MR) is 64.3 cm³/mol. The molecule has 0 saturated carbocycles. The molecular formula is C13H18N2O. The molecule has 0 aliphatic carbocycles. The van der Waals surface area contributed by atoms with Crippen molar-refractivity contribution in [2.24, 2.45) is 0 Å². The number of hydrogen-bond acceptors (Lipinski definition) is 3. The van der Waals surface area contributed by atoms with Crippen molar-refractivity contribution in [2.45, 2.75) is 18.9 Å². The highest BCUT2D eigenvalue weighted by atomic mass is 16.5. The Hall–Kier alpha value is -1.53. The third-order valence-electron chi connectivity index (χ3n) is 2.63. The van der Waals surface area contributed by atoms with Gasteiger partial charge in [0.2, 0.25) is 0 Å². The van der Waals surface area contributed by atoms with Crippen LogP contribution in [0.3, 0.4) is 0 Å². The van der Waals surface area contributed by atoms with Gasteiger partial charge in [-0.1, -0.05) is 12.1 Å². The summed E-state index contributed by atoms with van der Waals surface area (Å²) < 4.78 is 5.21. The molecule has 0 aromatic heterocycles. The van der Waals surface area contributed by atoms with Gasteiger partial charge in [0, 0.05) is 12.5 Å². The van der Waals surface area contributed by atoms with E-state index in [4.69, 9.17) is 10.00 Å². The molecule has 0 aliphatic heterocycles. The first-order chi connectivity index (χ1) is 7.69. The van der Waals surface area contributed by atoms with E-state index in [-0.39, 0.29) is 6.04 Å². The largest absolute Gasteiger partial charge is 0.497 e. The Kier molecular flexibility index (Phi) is 4.81. The van der Waals surface area contributed by atoms with Gasteiger partial charge in [0.25, 0.3) is 0 Å². The fourth-order valence-electron chi connectivity index (χ4n) is 1.77. The second kappa shape index (κ2) is 6.14. The number of nitrogens with zero attached hydrogens (tertiary/aromatic N) is 2. The molecule has 0 bridgehead atoms. The molecule has 86 valence electrons. The molecular weight excluding hydrogens is 200 g/mol. The van der Waals surface area contributed by atoms with Gasteiger partial charge >= 0.3 is 0 Å². The number of benzene rings is 1. The van der Waals surface area contributed by atoms with Gasteiger partial charge in [-0.2, -0.15) is 5.26 Å². The van der Waals surface area contributed by atoms with Crippen LogP contribution in [0.1, 0.15) is 24.4 Å². The molecule has 0 radical (unpaired) electrons. The first-order valence-electron chi connectivity index (χ1n) is 5.36. The fraction of sp³-hybridized carbons (Fsp3) is 0.462. The summed E-state index contributed by atoms with van der Waals surface area (Å²) in [5.41, 5.74) is 1.19. The van der Waals surface area contributed by atoms with Crippen molar-refractivity contribution in [2.75, 3.05) is 21.2 Å². The maximum absolute atomic E-state index is 8.65. The van der Waals surface area contributed by atoms with Crippen molar-refractivity contribution < 1.29 is 4.74 Å². The van der Waals surface area contributed by atoms with Crippen molar-refractivity contribution in [3.8, 4) is 11.8 Å². The van der Waals surface area contributed by atoms with Crippen molar-refractivity contribution >= 4 is 0 Å². The summed E-state index contributed by atoms with van der Waals surface area (Å²) >= 11 is 0. The van der Waals surface area contributed by atoms with Gasteiger partial charge in [0.1, 0.15) is 5.75 Å². The topological polar surface area (TPSA) is 36.3 Å². The van der Waals surface area contributed by atoms with Crippen molar-refractivity contribution in [1.82, 2.24) is 4.90 Å². The number of ether oxygens (including phenoxy) is 1. The Morgan fingerprint density at radius 2 is 2.19 bits per heavy atom. The Balaban J connectivity index is 2.88. The summed E-state index contributed by atoms with van der Waals surface area (Å²) in [5.74, 6) is 0.862. The maximum Gasteiger partial charge on any atom is 0.119 e. The molecule has 0 N–H and O–H groups in total. The highest BCUT2D eigenvalue weighted by Crippen LogP contribution is 2.26. The molecule has 0 spiro atoms. The summed E-state index contributed by atoms with van der Waals surface area (Å²) in [7, 11) is 5.72. The Morgan fingerprint density at radius 1 is 1.44 bits per heavy atom. The van der Waals surface area contributed by atoms with E-state index in [9.17, 15) is 0 Å². The van der Waals surface area contributed by atoms with Crippen LogP contribution in [0, 0.1) is 11.3 Å². The Labute approximate surface area is 97.3 Å². The molecule has 3 heteroatoms. The van der Waals surface area contributed by atoms with Gasteiger partial charge in [0.05, 0.1) is 13.2 Å². The summed E-state index contributed by atoms with van der Waals surface area (Å²) in [6.45, 7) is 0. The van der Waals surface area contributed by atoms with E-state index >= 15 is 0 Å². The fourth-order valence-corrected chi connectivity index (χ4v) is 1.77. The van der Waals surface area contributed by atoms with Gasteiger partial charge in [-0.25, -0.2) is 0 Å². The minimum Gasteiger partial charge on any atom is -0.497 e. The summed E-state index contributed by atoms with van der Waals surface area (Å²) in [5, 5.41) is 8.65. The third kappa shape index (κ3) is 3.25. The van der Waals surface area contributed by atoms with Crippen LogP contribution in [0.25, 0.3) is 0 Å². The van der Waals surface area contributed by atoms with Crippen LogP contribution in [0.15, 0.2) is 24.3 Å². The predicted octanol–water partition coefficient (Wildman–Crippen LogP) is 2.60. The molecule has 1 unspecified atom stereocenters. The summed E-state index contributed by atoms with van der Waals surface area (Å²) in [4.78, 5) is 2.13. The van der Waals surface area contributed by atoms with Crippen LogP contribution < -0.4 is 4.74 Å². The average Bonchev–Trinajstić information content (AvgIpc) is 2.29. The van der Waals surface area contributed by atoms with Crippen LogP contribution in [0.5, 0.6) is 5.75 Å². The van der Waals surface area contributed by atoms with E-state index in [1.165, 1.54) is 5.56 Å². The molecule has 1 rings (SSSR count). The summed E-state index contributed by atoms with van der Waals surface area (Å²) in [6.07, 6.45) is 1.41. The second-order valence-corrected chi connectivity index (χ2v) is 3.95. The highest BCUT2D eigenvalue weighted by Gasteiger charge is 2.13. The van der Waals surface area contributed by atoms with Gasteiger partial charge in [-0.15, -0.1) is 0 Å². The van der Waals surface area contributed by atoms with E-state index in [1.807, 2.05) is 32.3 Å². The van der Waals surface area contributed by atoms with Gasteiger partial charge in [0.15, 0.2) is 0 Å². The monoisotopic (exact) mass is 218 g/mol. The molecule has 3 nitrogen and oxygen atoms in total. The quantitative estimate of drug-likeness (QED) is 0.762. The molecule has 0 amide bonds. The lowest BCUT2D eigenvalue weighted by Gasteiger charge is -2.24. The van der Waals surface area contributed by atoms with E-state index in [1.54, 1.807) is 7.11 Å². The van der Waals surface area contributed by atoms with Crippen LogP contribution in [0.2, 0.25) is 0 Å². The van der Waals surface area contributed by atoms with E-state index in [0.29, 0.717) is 6.42 Å². The first kappa shape index (κ1) is 12.5. The van der Waals surface area contributed by atoms with Crippen LogP contribution in [0.4, 0.5) is 0 Å². The lowest BCUT2D eigenvalue weighted by atomic mass is 10.0. The van der Waals surface area contributed by atoms with Gasteiger partial charge in [-0.3, -0.25) is 0 Å². The maximum atomic E-state index is 8.65. The number of methoxy groups -OCH3 is 1. The molecule has 0 saturated heterocycles. The Morgan fingerprint density at radius 3 is 2.75 bits per heavy atom. The molecule has 0 heterocycles. The standard InChI is InChI=1S/C13H18N2O/c1-15(2)13(8-5-9-14)11-6-4-7-12(10-11)16-3/h4,6-7,10,13H,5,8H2,1-3H3. The Bertz CT molecular complexity index is 368. The minimum absolute atomic E-state index is 0.273. The van der Waals surface area contributed by atoms with Crippen LogP contribution >= 0.6 is 0 Å². The van der Waals surface area contributed by atoms with Crippen molar-refractivity contribution in [3.63, 3.8) is 0 Å². The molecule has 1 atom stereocenters. The molecule has 1 aromatic rings. The first-order valence-corrected chi connectivity index (χ1v) is 5.36. The normalized spacial score (nSPS) is 12.2. The lowest BCUT2D eigenvalue weighted by molar-refractivity contribution is 0.285. The molecule has 0 aliphatic rings. The van der Waals surface area contributed by atoms with Crippen molar-refractivity contribution in [3.05, 3.63) is 29.8 Å². The smallest absolute Gasteiger partial charge is 0.119 e. The molecule has 16 heavy (non-hydrogen) atoms. The lowest BCUT2D eigenvalue weighted by Crippen LogP contribution is -2.19. The van der Waals surface area contributed by atoms with E-state index in [0.717, 1.165) is 12.2 Å².